The van der Waals surface area contributed by atoms with Gasteiger partial charge >= 0.3 is 0 Å². The van der Waals surface area contributed by atoms with Gasteiger partial charge < -0.3 is 10.1 Å². The number of hydrogen-bond acceptors (Lipinski definition) is 5. The second-order valence-corrected chi connectivity index (χ2v) is 8.68. The fraction of sp³-hybridized carbons (Fsp3) is 0.714. The summed E-state index contributed by atoms with van der Waals surface area (Å²) in [6.07, 6.45) is 2.57. The summed E-state index contributed by atoms with van der Waals surface area (Å²) in [5.41, 5.74) is 0. The van der Waals surface area contributed by atoms with Crippen molar-refractivity contribution in [1.82, 2.24) is 10.0 Å². The second-order valence-electron chi connectivity index (χ2n) is 5.61. The quantitative estimate of drug-likeness (QED) is 0.679. The van der Waals surface area contributed by atoms with Crippen molar-refractivity contribution < 1.29 is 13.2 Å². The van der Waals surface area contributed by atoms with Gasteiger partial charge in [-0.2, -0.15) is 0 Å². The lowest BCUT2D eigenvalue weighted by molar-refractivity contribution is 0.0834. The van der Waals surface area contributed by atoms with E-state index < -0.39 is 10.0 Å². The molecule has 0 aliphatic heterocycles. The van der Waals surface area contributed by atoms with Crippen molar-refractivity contribution in [2.75, 3.05) is 13.2 Å². The maximum atomic E-state index is 12.3. The highest BCUT2D eigenvalue weighted by Gasteiger charge is 2.22. The summed E-state index contributed by atoms with van der Waals surface area (Å²) in [6, 6.07) is 2.40. The van der Waals surface area contributed by atoms with E-state index in [-0.39, 0.29) is 6.10 Å². The Labute approximate surface area is 131 Å². The molecule has 1 aliphatic carbocycles. The summed E-state index contributed by atoms with van der Waals surface area (Å²) in [5.74, 6) is 0. The van der Waals surface area contributed by atoms with Crippen LogP contribution in [0.2, 0.25) is 0 Å². The number of thiophene rings is 1. The minimum atomic E-state index is -3.44. The van der Waals surface area contributed by atoms with Crippen LogP contribution in [0.3, 0.4) is 0 Å². The van der Waals surface area contributed by atoms with Gasteiger partial charge in [0.25, 0.3) is 0 Å². The molecule has 1 aromatic heterocycles. The van der Waals surface area contributed by atoms with E-state index in [1.54, 1.807) is 17.4 Å². The van der Waals surface area contributed by atoms with Crippen LogP contribution in [0.5, 0.6) is 0 Å². The van der Waals surface area contributed by atoms with Gasteiger partial charge in [0.1, 0.15) is 0 Å². The minimum absolute atomic E-state index is 0.109. The van der Waals surface area contributed by atoms with Crippen LogP contribution in [0.15, 0.2) is 11.0 Å². The molecule has 0 radical (unpaired) electrons. The van der Waals surface area contributed by atoms with Crippen LogP contribution in [0.1, 0.15) is 36.4 Å². The van der Waals surface area contributed by atoms with Crippen molar-refractivity contribution in [3.63, 3.8) is 0 Å². The molecular weight excluding hydrogens is 308 g/mol. The summed E-state index contributed by atoms with van der Waals surface area (Å²) in [5, 5.41) is 3.40. The molecule has 1 heterocycles. The van der Waals surface area contributed by atoms with E-state index in [0.717, 1.165) is 16.3 Å². The molecule has 120 valence electrons. The Morgan fingerprint density at radius 2 is 2.14 bits per heavy atom. The number of ether oxygens (including phenoxy) is 1. The van der Waals surface area contributed by atoms with Crippen LogP contribution in [0.4, 0.5) is 0 Å². The largest absolute Gasteiger partial charge is 0.377 e. The van der Waals surface area contributed by atoms with Crippen molar-refractivity contribution in [2.45, 2.75) is 57.2 Å². The molecule has 0 bridgehead atoms. The predicted molar refractivity (Wildman–Crippen MR) is 85.2 cm³/mol. The highest BCUT2D eigenvalue weighted by atomic mass is 32.2. The van der Waals surface area contributed by atoms with E-state index in [9.17, 15) is 8.42 Å². The molecule has 0 atom stereocenters. The molecule has 0 spiro atoms. The molecule has 0 amide bonds. The Morgan fingerprint density at radius 3 is 2.76 bits per heavy atom. The first-order chi connectivity index (χ1) is 9.88. The molecule has 2 rings (SSSR count). The van der Waals surface area contributed by atoms with Gasteiger partial charge in [-0.1, -0.05) is 0 Å². The molecule has 5 nitrogen and oxygen atoms in total. The highest BCUT2D eigenvalue weighted by molar-refractivity contribution is 7.89. The van der Waals surface area contributed by atoms with Crippen LogP contribution in [0.25, 0.3) is 0 Å². The van der Waals surface area contributed by atoms with E-state index in [1.165, 1.54) is 12.8 Å². The summed E-state index contributed by atoms with van der Waals surface area (Å²) in [7, 11) is -3.44. The highest BCUT2D eigenvalue weighted by Crippen LogP contribution is 2.27. The normalized spacial score (nSPS) is 15.8. The molecule has 0 unspecified atom stereocenters. The molecule has 2 N–H and O–H groups in total. The maximum absolute atomic E-state index is 12.3. The Hall–Kier alpha value is -0.470. The van der Waals surface area contributed by atoms with Crippen molar-refractivity contribution in [2.24, 2.45) is 0 Å². The molecule has 1 aliphatic rings. The Bertz CT molecular complexity index is 563. The van der Waals surface area contributed by atoms with Gasteiger partial charge in [-0.15, -0.1) is 11.3 Å². The predicted octanol–water partition coefficient (Wildman–Crippen LogP) is 2.01. The number of hydrogen-bond donors (Lipinski definition) is 2. The zero-order valence-electron chi connectivity index (χ0n) is 12.8. The molecule has 1 aromatic rings. The molecule has 1 saturated carbocycles. The summed E-state index contributed by atoms with van der Waals surface area (Å²) < 4.78 is 32.5. The Kier molecular flexibility index (Phi) is 5.79. The van der Waals surface area contributed by atoms with Crippen molar-refractivity contribution >= 4 is 21.4 Å². The Morgan fingerprint density at radius 1 is 1.43 bits per heavy atom. The maximum Gasteiger partial charge on any atom is 0.241 e. The summed E-state index contributed by atoms with van der Waals surface area (Å²) in [6.45, 7) is 7.14. The monoisotopic (exact) mass is 332 g/mol. The Balaban J connectivity index is 1.91. The van der Waals surface area contributed by atoms with E-state index in [0.29, 0.717) is 24.1 Å². The van der Waals surface area contributed by atoms with Gasteiger partial charge in [-0.25, -0.2) is 13.1 Å². The molecule has 0 saturated heterocycles. The average molecular weight is 332 g/mol. The fourth-order valence-electron chi connectivity index (χ4n) is 1.96. The van der Waals surface area contributed by atoms with Gasteiger partial charge in [0, 0.05) is 28.9 Å². The topological polar surface area (TPSA) is 67.4 Å². The number of sulfonamides is 1. The third kappa shape index (κ3) is 5.34. The van der Waals surface area contributed by atoms with Gasteiger partial charge in [0.05, 0.1) is 17.6 Å². The lowest BCUT2D eigenvalue weighted by atomic mass is 10.4. The smallest absolute Gasteiger partial charge is 0.241 e. The molecule has 1 fully saturated rings. The summed E-state index contributed by atoms with van der Waals surface area (Å²) >= 11 is 1.54. The minimum Gasteiger partial charge on any atom is -0.377 e. The standard InChI is InChI=1S/C14H24N2O3S2/c1-10(2)19-7-6-16-21(17,18)14-8-13(20-11(14)3)9-15-12-4-5-12/h8,10,12,15-16H,4-7,9H2,1-3H3. The molecule has 0 aromatic carbocycles. The third-order valence-electron chi connectivity index (χ3n) is 3.20. The van der Waals surface area contributed by atoms with Crippen LogP contribution in [-0.4, -0.2) is 33.7 Å². The molecule has 21 heavy (non-hydrogen) atoms. The first-order valence-corrected chi connectivity index (χ1v) is 9.62. The van der Waals surface area contributed by atoms with E-state index in [4.69, 9.17) is 4.74 Å². The van der Waals surface area contributed by atoms with Crippen LogP contribution in [0, 0.1) is 6.92 Å². The van der Waals surface area contributed by atoms with Crippen LogP contribution < -0.4 is 10.0 Å². The van der Waals surface area contributed by atoms with Crippen LogP contribution >= 0.6 is 11.3 Å². The second kappa shape index (κ2) is 7.19. The van der Waals surface area contributed by atoms with Gasteiger partial charge in [0.15, 0.2) is 0 Å². The van der Waals surface area contributed by atoms with Crippen molar-refractivity contribution in [3.05, 3.63) is 15.8 Å². The van der Waals surface area contributed by atoms with E-state index in [2.05, 4.69) is 10.0 Å². The fourth-order valence-corrected chi connectivity index (χ4v) is 4.56. The first kappa shape index (κ1) is 16.9. The van der Waals surface area contributed by atoms with E-state index in [1.807, 2.05) is 20.8 Å². The van der Waals surface area contributed by atoms with Gasteiger partial charge in [-0.05, 0) is 39.7 Å². The zero-order chi connectivity index (χ0) is 15.5. The molecule has 7 heteroatoms. The SMILES string of the molecule is Cc1sc(CNC2CC2)cc1S(=O)(=O)NCCOC(C)C. The third-order valence-corrected chi connectivity index (χ3v) is 5.97. The number of aryl methyl sites for hydroxylation is 1. The van der Waals surface area contributed by atoms with Crippen molar-refractivity contribution in [1.29, 1.82) is 0 Å². The number of rotatable bonds is 9. The van der Waals surface area contributed by atoms with Crippen molar-refractivity contribution in [3.8, 4) is 0 Å². The molecular formula is C14H24N2O3S2. The van der Waals surface area contributed by atoms with Gasteiger partial charge in [0.2, 0.25) is 10.0 Å². The lowest BCUT2D eigenvalue weighted by Crippen LogP contribution is -2.28. The first-order valence-electron chi connectivity index (χ1n) is 7.32. The summed E-state index contributed by atoms with van der Waals surface area (Å²) in [4.78, 5) is 2.29. The van der Waals surface area contributed by atoms with Crippen LogP contribution in [-0.2, 0) is 21.3 Å². The average Bonchev–Trinajstić information content (AvgIpc) is 3.14. The number of nitrogens with one attached hydrogen (secondary N) is 2. The van der Waals surface area contributed by atoms with E-state index >= 15 is 0 Å². The lowest BCUT2D eigenvalue weighted by Gasteiger charge is -2.09. The zero-order valence-corrected chi connectivity index (χ0v) is 14.4. The van der Waals surface area contributed by atoms with Gasteiger partial charge in [-0.3, -0.25) is 0 Å².